The van der Waals surface area contributed by atoms with Crippen LogP contribution < -0.4 is 5.56 Å². The number of benzene rings is 2. The van der Waals surface area contributed by atoms with E-state index in [2.05, 4.69) is 20.8 Å². The van der Waals surface area contributed by atoms with Crippen molar-refractivity contribution in [2.24, 2.45) is 0 Å². The van der Waals surface area contributed by atoms with E-state index < -0.39 is 0 Å². The van der Waals surface area contributed by atoms with Crippen LogP contribution in [0.3, 0.4) is 0 Å². The quantitative estimate of drug-likeness (QED) is 0.379. The van der Waals surface area contributed by atoms with Crippen molar-refractivity contribution in [3.8, 4) is 5.69 Å². The molecule has 0 aliphatic carbocycles. The maximum Gasteiger partial charge on any atom is 0.316 e. The van der Waals surface area contributed by atoms with Gasteiger partial charge in [0.2, 0.25) is 0 Å². The lowest BCUT2D eigenvalue weighted by molar-refractivity contribution is -0.736. The zero-order valence-electron chi connectivity index (χ0n) is 15.2. The van der Waals surface area contributed by atoms with Crippen LogP contribution in [0.25, 0.3) is 33.3 Å². The Bertz CT molecular complexity index is 1490. The number of fused-ring (bicyclic) bond motifs is 5. The van der Waals surface area contributed by atoms with Crippen molar-refractivity contribution in [3.63, 3.8) is 0 Å². The lowest BCUT2D eigenvalue weighted by atomic mass is 10.1. The summed E-state index contributed by atoms with van der Waals surface area (Å²) in [7, 11) is 1.30. The van der Waals surface area contributed by atoms with Gasteiger partial charge in [-0.05, 0) is 36.4 Å². The molecular weight excluding hydrogens is 436 g/mol. The summed E-state index contributed by atoms with van der Waals surface area (Å²) in [5, 5.41) is 1.34. The molecular formula is C21H14BrN4O3+. The third-order valence-electron chi connectivity index (χ3n) is 4.87. The molecule has 0 bridgehead atoms. The van der Waals surface area contributed by atoms with Crippen molar-refractivity contribution >= 4 is 49.2 Å². The molecule has 3 aromatic heterocycles. The lowest BCUT2D eigenvalue weighted by Crippen LogP contribution is -2.20. The van der Waals surface area contributed by atoms with Crippen LogP contribution in [0, 0.1) is 4.91 Å². The monoisotopic (exact) mass is 449 g/mol. The van der Waals surface area contributed by atoms with E-state index in [0.29, 0.717) is 27.3 Å². The van der Waals surface area contributed by atoms with Crippen LogP contribution in [0.2, 0.25) is 0 Å². The maximum absolute atomic E-state index is 13.5. The summed E-state index contributed by atoms with van der Waals surface area (Å²) in [6.07, 6.45) is 1.88. The van der Waals surface area contributed by atoms with Gasteiger partial charge in [0, 0.05) is 28.2 Å². The molecule has 7 nitrogen and oxygen atoms in total. The number of hydrogen-bond donors (Lipinski definition) is 0. The smallest absolute Gasteiger partial charge is 0.285 e. The molecule has 0 saturated carbocycles. The molecule has 0 radical (unpaired) electrons. The topological polar surface area (TPSA) is 68.6 Å². The van der Waals surface area contributed by atoms with Gasteiger partial charge in [-0.15, -0.1) is 0 Å². The van der Waals surface area contributed by atoms with Gasteiger partial charge in [-0.3, -0.25) is 13.8 Å². The molecule has 8 heteroatoms. The minimum Gasteiger partial charge on any atom is -0.285 e. The summed E-state index contributed by atoms with van der Waals surface area (Å²) in [6, 6.07) is 18.0. The van der Waals surface area contributed by atoms with Gasteiger partial charge in [0.15, 0.2) is 12.8 Å². The first-order chi connectivity index (χ1) is 14.1. The Labute approximate surface area is 172 Å². The Hall–Kier alpha value is -3.52. The number of pyridine rings is 2. The van der Waals surface area contributed by atoms with Crippen LogP contribution in [0.5, 0.6) is 0 Å². The number of imidazole rings is 1. The summed E-state index contributed by atoms with van der Waals surface area (Å²) in [5.41, 5.74) is 2.93. The number of nitrogens with zero attached hydrogens (tertiary/aromatic N) is 4. The van der Waals surface area contributed by atoms with Gasteiger partial charge in [0.05, 0.1) is 16.0 Å². The summed E-state index contributed by atoms with van der Waals surface area (Å²) in [5.74, 6) is 0. The summed E-state index contributed by atoms with van der Waals surface area (Å²) in [6.45, 7) is 0. The van der Waals surface area contributed by atoms with E-state index in [1.807, 2.05) is 40.9 Å². The fraction of sp³-hybridized carbons (Fsp3) is 0.0476. The highest BCUT2D eigenvalue weighted by Gasteiger charge is 2.19. The average molecular weight is 450 g/mol. The fourth-order valence-electron chi connectivity index (χ4n) is 3.56. The average Bonchev–Trinajstić information content (AvgIpc) is 3.13. The second-order valence-corrected chi connectivity index (χ2v) is 7.42. The molecule has 0 amide bonds. The number of hydrogen-bond acceptors (Lipinski definition) is 4. The van der Waals surface area contributed by atoms with Crippen molar-refractivity contribution in [1.82, 2.24) is 14.0 Å². The van der Waals surface area contributed by atoms with E-state index in [1.54, 1.807) is 34.9 Å². The van der Waals surface area contributed by atoms with Crippen molar-refractivity contribution < 1.29 is 9.76 Å². The SMILES string of the molecule is CO[N+](=O)c1ccc(-n2c(=O)c3cc(Br)ccc3c3nc4ccccn4c32)cc1. The number of halogens is 1. The highest BCUT2D eigenvalue weighted by atomic mass is 79.9. The van der Waals surface area contributed by atoms with Gasteiger partial charge in [-0.1, -0.05) is 28.1 Å². The minimum absolute atomic E-state index is 0.169. The van der Waals surface area contributed by atoms with E-state index >= 15 is 0 Å². The standard InChI is InChI=1S/C21H14BrN4O3/c1-29-26(28)15-8-6-14(7-9-15)25-20-19(23-18-4-2-3-11-24(18)20)16-10-5-13(22)12-17(16)21(25)27/h2-12H,1H3/q+1. The fourth-order valence-corrected chi connectivity index (χ4v) is 3.92. The van der Waals surface area contributed by atoms with Gasteiger partial charge in [-0.2, -0.15) is 0 Å². The molecule has 0 N–H and O–H groups in total. The largest absolute Gasteiger partial charge is 0.316 e. The Morgan fingerprint density at radius 1 is 1.03 bits per heavy atom. The summed E-state index contributed by atoms with van der Waals surface area (Å²) >= 11 is 3.45. The second-order valence-electron chi connectivity index (χ2n) is 6.50. The Balaban J connectivity index is 1.94. The van der Waals surface area contributed by atoms with Gasteiger partial charge in [-0.25, -0.2) is 9.82 Å². The first kappa shape index (κ1) is 17.6. The zero-order chi connectivity index (χ0) is 20.1. The van der Waals surface area contributed by atoms with E-state index in [0.717, 1.165) is 21.0 Å². The molecule has 0 spiro atoms. The van der Waals surface area contributed by atoms with E-state index in [-0.39, 0.29) is 5.56 Å². The van der Waals surface area contributed by atoms with Crippen LogP contribution in [0.1, 0.15) is 0 Å². The number of aromatic nitrogens is 3. The first-order valence-electron chi connectivity index (χ1n) is 8.81. The van der Waals surface area contributed by atoms with E-state index in [9.17, 15) is 9.70 Å². The molecule has 2 aromatic carbocycles. The molecule has 0 atom stereocenters. The predicted molar refractivity (Wildman–Crippen MR) is 114 cm³/mol. The van der Waals surface area contributed by atoms with E-state index in [4.69, 9.17) is 4.98 Å². The van der Waals surface area contributed by atoms with Crippen LogP contribution in [0.4, 0.5) is 5.69 Å². The van der Waals surface area contributed by atoms with Gasteiger partial charge in [0.1, 0.15) is 11.2 Å². The van der Waals surface area contributed by atoms with Crippen LogP contribution in [-0.2, 0) is 4.84 Å². The third kappa shape index (κ3) is 2.64. The van der Waals surface area contributed by atoms with Crippen LogP contribution in [-0.4, -0.2) is 26.0 Å². The molecule has 0 saturated heterocycles. The molecule has 5 aromatic rings. The van der Waals surface area contributed by atoms with Gasteiger partial charge < -0.3 is 0 Å². The van der Waals surface area contributed by atoms with Gasteiger partial charge >= 0.3 is 5.69 Å². The maximum atomic E-state index is 13.5. The molecule has 3 heterocycles. The van der Waals surface area contributed by atoms with Crippen LogP contribution >= 0.6 is 15.9 Å². The predicted octanol–water partition coefficient (Wildman–Crippen LogP) is 4.53. The summed E-state index contributed by atoms with van der Waals surface area (Å²) in [4.78, 5) is 35.1. The molecule has 142 valence electrons. The highest BCUT2D eigenvalue weighted by molar-refractivity contribution is 9.10. The molecule has 5 rings (SSSR count). The normalized spacial score (nSPS) is 11.4. The van der Waals surface area contributed by atoms with Crippen molar-refractivity contribution in [1.29, 1.82) is 0 Å². The minimum atomic E-state index is -0.169. The van der Waals surface area contributed by atoms with E-state index in [1.165, 1.54) is 7.11 Å². The lowest BCUT2D eigenvalue weighted by Gasteiger charge is -2.11. The molecule has 0 unspecified atom stereocenters. The third-order valence-corrected chi connectivity index (χ3v) is 5.36. The van der Waals surface area contributed by atoms with Crippen molar-refractivity contribution in [2.75, 3.05) is 7.11 Å². The highest BCUT2D eigenvalue weighted by Crippen LogP contribution is 2.28. The zero-order valence-corrected chi connectivity index (χ0v) is 16.8. The summed E-state index contributed by atoms with van der Waals surface area (Å²) < 4.78 is 4.33. The Morgan fingerprint density at radius 2 is 1.83 bits per heavy atom. The van der Waals surface area contributed by atoms with Gasteiger partial charge in [0.25, 0.3) is 10.5 Å². The molecule has 0 aliphatic heterocycles. The first-order valence-corrected chi connectivity index (χ1v) is 9.60. The molecule has 0 aliphatic rings. The molecule has 0 fully saturated rings. The molecule has 29 heavy (non-hydrogen) atoms. The Kier molecular flexibility index (Phi) is 3.95. The number of rotatable bonds is 3. The van der Waals surface area contributed by atoms with Crippen molar-refractivity contribution in [3.05, 3.63) is 86.6 Å². The second kappa shape index (κ2) is 6.52. The van der Waals surface area contributed by atoms with Crippen molar-refractivity contribution in [2.45, 2.75) is 0 Å². The van der Waals surface area contributed by atoms with Crippen LogP contribution in [0.15, 0.2) is 76.1 Å². The Morgan fingerprint density at radius 3 is 2.59 bits per heavy atom.